The lowest BCUT2D eigenvalue weighted by Crippen LogP contribution is -2.57. The van der Waals surface area contributed by atoms with E-state index in [1.165, 1.54) is 0 Å². The Balaban J connectivity index is 1.48. The van der Waals surface area contributed by atoms with E-state index in [-0.39, 0.29) is 29.6 Å². The summed E-state index contributed by atoms with van der Waals surface area (Å²) in [6.45, 7) is 3.15. The number of halogens is 1. The molecule has 214 valence electrons. The fraction of sp³-hybridized carbons (Fsp3) is 0.406. The number of hydrogen-bond acceptors (Lipinski definition) is 5. The number of thioether (sulfide) groups is 1. The van der Waals surface area contributed by atoms with Crippen molar-refractivity contribution in [3.63, 3.8) is 0 Å². The van der Waals surface area contributed by atoms with Crippen molar-refractivity contribution < 1.29 is 19.5 Å². The van der Waals surface area contributed by atoms with Gasteiger partial charge < -0.3 is 19.8 Å². The first-order valence-corrected chi connectivity index (χ1v) is 15.5. The summed E-state index contributed by atoms with van der Waals surface area (Å²) in [6.07, 6.45) is 9.21. The zero-order valence-corrected chi connectivity index (χ0v) is 24.5. The number of para-hydroxylation sites is 1. The van der Waals surface area contributed by atoms with Gasteiger partial charge >= 0.3 is 0 Å². The van der Waals surface area contributed by atoms with Gasteiger partial charge in [-0.05, 0) is 30.5 Å². The standard InChI is InChI=1S/C32H34ClN3O4S/c1-2-16-34-17-8-14-25-26(29(34)38)27-30(39)36(22(20-37)19-21-10-4-3-5-11-21)28-31(40)35(18-9-15-32(27,28)41-25)24-13-7-6-12-23(24)33/h3-15,22,25-28,37H,2,16-20H2,1H3/t22-,25+,26-,27+,28?,32+/m1/s1. The van der Waals surface area contributed by atoms with E-state index in [9.17, 15) is 19.5 Å². The number of likely N-dealkylation sites (tertiary alicyclic amines) is 1. The molecule has 0 aromatic heterocycles. The molecule has 0 radical (unpaired) electrons. The summed E-state index contributed by atoms with van der Waals surface area (Å²) >= 11 is 8.12. The third kappa shape index (κ3) is 4.60. The molecule has 0 saturated carbocycles. The van der Waals surface area contributed by atoms with Gasteiger partial charge in [0.15, 0.2) is 0 Å². The van der Waals surface area contributed by atoms with Gasteiger partial charge in [0.25, 0.3) is 5.91 Å². The third-order valence-corrected chi connectivity index (χ3v) is 10.8. The molecular weight excluding hydrogens is 558 g/mol. The molecule has 41 heavy (non-hydrogen) atoms. The molecule has 9 heteroatoms. The Labute approximate surface area is 249 Å². The Morgan fingerprint density at radius 1 is 1.00 bits per heavy atom. The first-order chi connectivity index (χ1) is 19.9. The Morgan fingerprint density at radius 2 is 1.76 bits per heavy atom. The van der Waals surface area contributed by atoms with Crippen LogP contribution < -0.4 is 4.90 Å². The van der Waals surface area contributed by atoms with Crippen LogP contribution in [0.5, 0.6) is 0 Å². The van der Waals surface area contributed by atoms with Crippen molar-refractivity contribution in [2.45, 2.75) is 41.8 Å². The molecule has 2 aromatic rings. The maximum Gasteiger partial charge on any atom is 0.251 e. The molecule has 4 aliphatic rings. The zero-order valence-electron chi connectivity index (χ0n) is 22.9. The zero-order chi connectivity index (χ0) is 28.7. The molecule has 2 fully saturated rings. The number of anilines is 1. The predicted octanol–water partition coefficient (Wildman–Crippen LogP) is 3.95. The van der Waals surface area contributed by atoms with E-state index in [0.717, 1.165) is 12.0 Å². The van der Waals surface area contributed by atoms with Gasteiger partial charge in [0.05, 0.1) is 39.9 Å². The van der Waals surface area contributed by atoms with Crippen LogP contribution in [-0.2, 0) is 20.8 Å². The maximum absolute atomic E-state index is 14.7. The number of amides is 3. The average molecular weight is 592 g/mol. The van der Waals surface area contributed by atoms with Crippen LogP contribution in [0.1, 0.15) is 18.9 Å². The number of aliphatic hydroxyl groups is 1. The van der Waals surface area contributed by atoms with Crippen molar-refractivity contribution in [3.8, 4) is 0 Å². The number of benzene rings is 2. The highest BCUT2D eigenvalue weighted by Gasteiger charge is 2.71. The minimum absolute atomic E-state index is 0.0400. The third-order valence-electron chi connectivity index (χ3n) is 8.74. The number of carbonyl (C=O) groups is 3. The van der Waals surface area contributed by atoms with Crippen LogP contribution in [0.2, 0.25) is 5.02 Å². The fourth-order valence-electron chi connectivity index (χ4n) is 7.02. The molecule has 1 unspecified atom stereocenters. The second kappa shape index (κ2) is 11.3. The molecule has 1 N–H and O–H groups in total. The first-order valence-electron chi connectivity index (χ1n) is 14.2. The van der Waals surface area contributed by atoms with Gasteiger partial charge in [0.2, 0.25) is 11.8 Å². The van der Waals surface area contributed by atoms with Gasteiger partial charge in [-0.1, -0.05) is 85.3 Å². The average Bonchev–Trinajstić information content (AvgIpc) is 3.30. The van der Waals surface area contributed by atoms with Gasteiger partial charge in [0.1, 0.15) is 6.04 Å². The van der Waals surface area contributed by atoms with Crippen LogP contribution in [-0.4, -0.2) is 80.9 Å². The first kappa shape index (κ1) is 28.1. The second-order valence-corrected chi connectivity index (χ2v) is 13.0. The summed E-state index contributed by atoms with van der Waals surface area (Å²) in [5.74, 6) is -1.86. The summed E-state index contributed by atoms with van der Waals surface area (Å²) in [5, 5.41) is 10.9. The molecule has 2 saturated heterocycles. The number of fused-ring (bicyclic) bond motifs is 2. The van der Waals surface area contributed by atoms with Crippen LogP contribution in [0.3, 0.4) is 0 Å². The summed E-state index contributed by atoms with van der Waals surface area (Å²) in [7, 11) is 0. The number of nitrogens with zero attached hydrogens (tertiary/aromatic N) is 3. The van der Waals surface area contributed by atoms with Crippen LogP contribution in [0.15, 0.2) is 78.9 Å². The molecule has 6 rings (SSSR count). The molecule has 2 aromatic carbocycles. The van der Waals surface area contributed by atoms with Crippen LogP contribution in [0, 0.1) is 11.8 Å². The van der Waals surface area contributed by atoms with Crippen molar-refractivity contribution in [2.24, 2.45) is 11.8 Å². The molecule has 0 aliphatic carbocycles. The van der Waals surface area contributed by atoms with Crippen LogP contribution >= 0.6 is 23.4 Å². The van der Waals surface area contributed by atoms with Crippen LogP contribution in [0.25, 0.3) is 0 Å². The highest BCUT2D eigenvalue weighted by atomic mass is 35.5. The molecule has 4 heterocycles. The van der Waals surface area contributed by atoms with E-state index in [2.05, 4.69) is 0 Å². The van der Waals surface area contributed by atoms with E-state index in [4.69, 9.17) is 11.6 Å². The Bertz CT molecular complexity index is 1400. The summed E-state index contributed by atoms with van der Waals surface area (Å²) < 4.78 is -0.959. The summed E-state index contributed by atoms with van der Waals surface area (Å²) in [4.78, 5) is 48.4. The van der Waals surface area contributed by atoms with Crippen molar-refractivity contribution in [1.82, 2.24) is 9.80 Å². The van der Waals surface area contributed by atoms with Gasteiger partial charge in [0, 0.05) is 24.9 Å². The monoisotopic (exact) mass is 591 g/mol. The lowest BCUT2D eigenvalue weighted by molar-refractivity contribution is -0.144. The Hall–Kier alpha value is -3.07. The molecule has 7 nitrogen and oxygen atoms in total. The molecule has 4 aliphatic heterocycles. The number of hydrogen-bond donors (Lipinski definition) is 1. The highest BCUT2D eigenvalue weighted by Crippen LogP contribution is 2.61. The largest absolute Gasteiger partial charge is 0.394 e. The van der Waals surface area contributed by atoms with Gasteiger partial charge in [-0.2, -0.15) is 0 Å². The van der Waals surface area contributed by atoms with Crippen LogP contribution in [0.4, 0.5) is 5.69 Å². The molecule has 1 spiro atoms. The topological polar surface area (TPSA) is 81.2 Å². The van der Waals surface area contributed by atoms with Crippen molar-refractivity contribution in [1.29, 1.82) is 0 Å². The van der Waals surface area contributed by atoms with E-state index in [1.807, 2.05) is 78.6 Å². The minimum Gasteiger partial charge on any atom is -0.394 e. The summed E-state index contributed by atoms with van der Waals surface area (Å²) in [5.41, 5.74) is 1.53. The van der Waals surface area contributed by atoms with Crippen molar-refractivity contribution in [2.75, 3.05) is 31.1 Å². The van der Waals surface area contributed by atoms with Crippen molar-refractivity contribution in [3.05, 3.63) is 89.5 Å². The van der Waals surface area contributed by atoms with E-state index in [0.29, 0.717) is 36.8 Å². The van der Waals surface area contributed by atoms with E-state index < -0.39 is 28.7 Å². The van der Waals surface area contributed by atoms with Gasteiger partial charge in [-0.25, -0.2) is 0 Å². The number of carbonyl (C=O) groups excluding carboxylic acids is 3. The van der Waals surface area contributed by atoms with Gasteiger partial charge in [-0.15, -0.1) is 11.8 Å². The predicted molar refractivity (Wildman–Crippen MR) is 162 cm³/mol. The summed E-state index contributed by atoms with van der Waals surface area (Å²) in [6, 6.07) is 15.3. The lowest BCUT2D eigenvalue weighted by Gasteiger charge is -2.38. The molecular formula is C32H34ClN3O4S. The molecule has 3 amide bonds. The van der Waals surface area contributed by atoms with Crippen molar-refractivity contribution >= 4 is 46.8 Å². The Kier molecular flexibility index (Phi) is 7.74. The van der Waals surface area contributed by atoms with E-state index >= 15 is 0 Å². The quantitative estimate of drug-likeness (QED) is 0.493. The molecule has 0 bridgehead atoms. The highest BCUT2D eigenvalue weighted by molar-refractivity contribution is 8.02. The minimum atomic E-state index is -0.959. The fourth-order valence-corrected chi connectivity index (χ4v) is 9.25. The maximum atomic E-state index is 14.7. The normalized spacial score (nSPS) is 29.7. The number of rotatable bonds is 7. The smallest absolute Gasteiger partial charge is 0.251 e. The SMILES string of the molecule is CCCN1CC=C[C@@H]2S[C@]34C=CCN(c5ccccc5Cl)C(=O)C3N([C@@H](CO)Cc3ccccc3)C(=O)[C@@H]4[C@@H]2C1=O. The number of aliphatic hydroxyl groups excluding tert-OH is 1. The lowest BCUT2D eigenvalue weighted by atomic mass is 9.78. The van der Waals surface area contributed by atoms with E-state index in [1.54, 1.807) is 33.7 Å². The Morgan fingerprint density at radius 3 is 2.49 bits per heavy atom. The van der Waals surface area contributed by atoms with Gasteiger partial charge in [-0.3, -0.25) is 14.4 Å². The second-order valence-electron chi connectivity index (χ2n) is 11.1. The molecule has 6 atom stereocenters.